The molecule has 0 atom stereocenters. The van der Waals surface area contributed by atoms with Crippen molar-refractivity contribution in [3.63, 3.8) is 0 Å². The van der Waals surface area contributed by atoms with Gasteiger partial charge in [-0.15, -0.1) is 0 Å². The second-order valence-corrected chi connectivity index (χ2v) is 6.47. The highest BCUT2D eigenvalue weighted by atomic mass is 32.2. The van der Waals surface area contributed by atoms with E-state index in [1.54, 1.807) is 29.0 Å². The maximum Gasteiger partial charge on any atom is 0.272 e. The zero-order valence-corrected chi connectivity index (χ0v) is 13.0. The number of nitrogens with two attached hydrogens (primary N) is 1. The highest BCUT2D eigenvalue weighted by Gasteiger charge is 2.16. The van der Waals surface area contributed by atoms with Crippen LogP contribution < -0.4 is 10.5 Å². The first-order valence-electron chi connectivity index (χ1n) is 6.68. The lowest BCUT2D eigenvalue weighted by atomic mass is 10.2. The summed E-state index contributed by atoms with van der Waals surface area (Å²) in [5, 5.41) is 23.1. The van der Waals surface area contributed by atoms with Crippen molar-refractivity contribution >= 4 is 27.0 Å². The van der Waals surface area contributed by atoms with Crippen LogP contribution in [0.4, 0.5) is 11.4 Å². The molecule has 3 N–H and O–H groups in total. The topological polar surface area (TPSA) is 146 Å². The molecule has 0 bridgehead atoms. The Morgan fingerprint density at radius 2 is 2.04 bits per heavy atom. The van der Waals surface area contributed by atoms with Crippen LogP contribution in [0, 0.1) is 10.1 Å². The van der Waals surface area contributed by atoms with Gasteiger partial charge in [0.1, 0.15) is 0 Å². The van der Waals surface area contributed by atoms with Crippen molar-refractivity contribution in [2.45, 2.75) is 11.4 Å². The predicted octanol–water partition coefficient (Wildman–Crippen LogP) is 0.897. The van der Waals surface area contributed by atoms with Crippen molar-refractivity contribution in [2.24, 2.45) is 5.14 Å². The molecule has 0 fully saturated rings. The molecule has 11 heteroatoms. The Morgan fingerprint density at radius 1 is 1.25 bits per heavy atom. The zero-order chi connectivity index (χ0) is 17.3. The standard InChI is InChI=1S/C13H12N6O4S/c14-24(22,23)12-6-9(5-11(7-12)19(20)21)16-8-10-1-3-15-13-2-4-17-18(10)13/h1-7,16H,8H2,(H2,14,22,23). The zero-order valence-electron chi connectivity index (χ0n) is 12.2. The molecule has 0 unspecified atom stereocenters. The Labute approximate surface area is 136 Å². The number of nitrogens with zero attached hydrogens (tertiary/aromatic N) is 4. The highest BCUT2D eigenvalue weighted by Crippen LogP contribution is 2.23. The van der Waals surface area contributed by atoms with Crippen LogP contribution in [0.1, 0.15) is 5.69 Å². The van der Waals surface area contributed by atoms with E-state index in [9.17, 15) is 18.5 Å². The van der Waals surface area contributed by atoms with Crippen molar-refractivity contribution in [3.05, 3.63) is 58.5 Å². The fourth-order valence-corrected chi connectivity index (χ4v) is 2.74. The molecule has 0 saturated heterocycles. The normalized spacial score (nSPS) is 11.5. The minimum atomic E-state index is -4.06. The summed E-state index contributed by atoms with van der Waals surface area (Å²) in [6.45, 7) is 0.256. The number of hydrogen-bond donors (Lipinski definition) is 2. The molecule has 1 aromatic carbocycles. The maximum atomic E-state index is 11.5. The molecular formula is C13H12N6O4S. The van der Waals surface area contributed by atoms with Crippen LogP contribution in [0.25, 0.3) is 5.65 Å². The van der Waals surface area contributed by atoms with Gasteiger partial charge in [0.25, 0.3) is 5.69 Å². The van der Waals surface area contributed by atoms with E-state index < -0.39 is 14.9 Å². The smallest absolute Gasteiger partial charge is 0.272 e. The van der Waals surface area contributed by atoms with Crippen LogP contribution in [-0.2, 0) is 16.6 Å². The van der Waals surface area contributed by atoms with Crippen LogP contribution >= 0.6 is 0 Å². The first-order chi connectivity index (χ1) is 11.3. The number of fused-ring (bicyclic) bond motifs is 1. The second-order valence-electron chi connectivity index (χ2n) is 4.91. The number of nitrogens with one attached hydrogen (secondary N) is 1. The van der Waals surface area contributed by atoms with Crippen LogP contribution in [0.15, 0.2) is 47.6 Å². The van der Waals surface area contributed by atoms with E-state index in [0.29, 0.717) is 5.65 Å². The molecule has 3 rings (SSSR count). The van der Waals surface area contributed by atoms with Gasteiger partial charge in [-0.25, -0.2) is 23.1 Å². The number of benzene rings is 1. The largest absolute Gasteiger partial charge is 0.379 e. The first kappa shape index (κ1) is 15.8. The summed E-state index contributed by atoms with van der Waals surface area (Å²) in [6.07, 6.45) is 3.20. The molecule has 2 aromatic heterocycles. The molecule has 124 valence electrons. The van der Waals surface area contributed by atoms with Gasteiger partial charge in [0.15, 0.2) is 5.65 Å². The molecule has 2 heterocycles. The summed E-state index contributed by atoms with van der Waals surface area (Å²) in [7, 11) is -4.06. The molecule has 3 aromatic rings. The number of nitro groups is 1. The molecule has 0 aliphatic carbocycles. The van der Waals surface area contributed by atoms with Crippen LogP contribution in [0.5, 0.6) is 0 Å². The fraction of sp³-hybridized carbons (Fsp3) is 0.0769. The quantitative estimate of drug-likeness (QED) is 0.514. The number of non-ortho nitro benzene ring substituents is 1. The van der Waals surface area contributed by atoms with Crippen LogP contribution in [0.3, 0.4) is 0 Å². The molecule has 0 spiro atoms. The highest BCUT2D eigenvalue weighted by molar-refractivity contribution is 7.89. The third-order valence-electron chi connectivity index (χ3n) is 3.27. The lowest BCUT2D eigenvalue weighted by Gasteiger charge is -2.09. The number of aromatic nitrogens is 3. The summed E-state index contributed by atoms with van der Waals surface area (Å²) in [5.74, 6) is 0. The van der Waals surface area contributed by atoms with Gasteiger partial charge in [0.2, 0.25) is 10.0 Å². The van der Waals surface area contributed by atoms with Gasteiger partial charge in [0.05, 0.1) is 28.3 Å². The van der Waals surface area contributed by atoms with Crippen molar-refractivity contribution < 1.29 is 13.3 Å². The van der Waals surface area contributed by atoms with E-state index >= 15 is 0 Å². The summed E-state index contributed by atoms with van der Waals surface area (Å²) in [6, 6.07) is 6.85. The molecule has 24 heavy (non-hydrogen) atoms. The number of hydrogen-bond acceptors (Lipinski definition) is 7. The van der Waals surface area contributed by atoms with Gasteiger partial charge >= 0.3 is 0 Å². The number of nitro benzene ring substituents is 1. The van der Waals surface area contributed by atoms with Gasteiger partial charge in [-0.2, -0.15) is 5.10 Å². The Bertz CT molecular complexity index is 1030. The van der Waals surface area contributed by atoms with Gasteiger partial charge in [0, 0.05) is 30.1 Å². The van der Waals surface area contributed by atoms with E-state index in [-0.39, 0.29) is 22.8 Å². The predicted molar refractivity (Wildman–Crippen MR) is 84.8 cm³/mol. The number of rotatable bonds is 5. The monoisotopic (exact) mass is 348 g/mol. The Hall–Kier alpha value is -3.05. The van der Waals surface area contributed by atoms with E-state index in [1.807, 2.05) is 0 Å². The Morgan fingerprint density at radius 3 is 2.75 bits per heavy atom. The minimum Gasteiger partial charge on any atom is -0.379 e. The third kappa shape index (κ3) is 3.16. The first-order valence-corrected chi connectivity index (χ1v) is 8.23. The summed E-state index contributed by atoms with van der Waals surface area (Å²) in [4.78, 5) is 14.1. The fourth-order valence-electron chi connectivity index (χ4n) is 2.17. The average Bonchev–Trinajstić information content (AvgIpc) is 3.00. The van der Waals surface area contributed by atoms with Gasteiger partial charge in [-0.05, 0) is 12.1 Å². The van der Waals surface area contributed by atoms with Crippen molar-refractivity contribution in [1.82, 2.24) is 14.6 Å². The number of anilines is 1. The summed E-state index contributed by atoms with van der Waals surface area (Å²) in [5.41, 5.74) is 1.28. The molecular weight excluding hydrogens is 336 g/mol. The Balaban J connectivity index is 1.93. The third-order valence-corrected chi connectivity index (χ3v) is 4.17. The molecule has 0 amide bonds. The lowest BCUT2D eigenvalue weighted by Crippen LogP contribution is -2.13. The van der Waals surface area contributed by atoms with E-state index in [0.717, 1.165) is 11.8 Å². The summed E-state index contributed by atoms with van der Waals surface area (Å²) < 4.78 is 24.6. The van der Waals surface area contributed by atoms with Crippen LogP contribution in [-0.4, -0.2) is 27.9 Å². The van der Waals surface area contributed by atoms with E-state index in [4.69, 9.17) is 5.14 Å². The van der Waals surface area contributed by atoms with Crippen molar-refractivity contribution in [2.75, 3.05) is 5.32 Å². The minimum absolute atomic E-state index is 0.255. The lowest BCUT2D eigenvalue weighted by molar-refractivity contribution is -0.385. The molecule has 0 aliphatic heterocycles. The van der Waals surface area contributed by atoms with Crippen LogP contribution in [0.2, 0.25) is 0 Å². The molecule has 0 aliphatic rings. The van der Waals surface area contributed by atoms with Gasteiger partial charge in [-0.1, -0.05) is 0 Å². The van der Waals surface area contributed by atoms with Crippen molar-refractivity contribution in [3.8, 4) is 0 Å². The second kappa shape index (κ2) is 5.86. The molecule has 0 saturated carbocycles. The summed E-state index contributed by atoms with van der Waals surface area (Å²) >= 11 is 0. The average molecular weight is 348 g/mol. The van der Waals surface area contributed by atoms with Gasteiger partial charge in [-0.3, -0.25) is 10.1 Å². The number of primary sulfonamides is 1. The number of sulfonamides is 1. The molecule has 10 nitrogen and oxygen atoms in total. The van der Waals surface area contributed by atoms with Gasteiger partial charge < -0.3 is 5.32 Å². The molecule has 0 radical (unpaired) electrons. The Kier molecular flexibility index (Phi) is 3.87. The van der Waals surface area contributed by atoms with Crippen molar-refractivity contribution in [1.29, 1.82) is 0 Å². The van der Waals surface area contributed by atoms with E-state index in [2.05, 4.69) is 15.4 Å². The maximum absolute atomic E-state index is 11.5. The van der Waals surface area contributed by atoms with E-state index in [1.165, 1.54) is 12.1 Å². The SMILES string of the molecule is NS(=O)(=O)c1cc(NCc2ccnc3ccnn23)cc([N+](=O)[O-])c1.